The fraction of sp³-hybridized carbons (Fsp3) is 0.192. The van der Waals surface area contributed by atoms with Crippen molar-refractivity contribution in [2.75, 3.05) is 5.33 Å². The van der Waals surface area contributed by atoms with Crippen molar-refractivity contribution in [2.24, 2.45) is 0 Å². The summed E-state index contributed by atoms with van der Waals surface area (Å²) in [6.07, 6.45) is 2.82. The Bertz CT molecular complexity index is 982. The van der Waals surface area contributed by atoms with Gasteiger partial charge in [0.1, 0.15) is 19.0 Å². The first-order chi connectivity index (χ1) is 14.7. The molecule has 0 spiro atoms. The second kappa shape index (κ2) is 11.4. The summed E-state index contributed by atoms with van der Waals surface area (Å²) in [5, 5.41) is 0.812. The molecule has 3 rings (SSSR count). The highest BCUT2D eigenvalue weighted by molar-refractivity contribution is 9.09. The van der Waals surface area contributed by atoms with Crippen molar-refractivity contribution in [2.45, 2.75) is 26.6 Å². The number of halogens is 1. The van der Waals surface area contributed by atoms with E-state index in [-0.39, 0.29) is 12.6 Å². The number of carbonyl (C=O) groups excluding carboxylic acids is 1. The van der Waals surface area contributed by atoms with Crippen LogP contribution in [0.4, 0.5) is 0 Å². The highest BCUT2D eigenvalue weighted by atomic mass is 79.9. The number of hydrogen-bond donors (Lipinski definition) is 0. The summed E-state index contributed by atoms with van der Waals surface area (Å²) in [5.74, 6) is 0.438. The Labute approximate surface area is 186 Å². The van der Waals surface area contributed by atoms with Crippen LogP contribution in [-0.4, -0.2) is 11.3 Å². The number of allylic oxidation sites excluding steroid dienone is 2. The van der Waals surface area contributed by atoms with Crippen molar-refractivity contribution < 1.29 is 14.3 Å². The third-order valence-electron chi connectivity index (χ3n) is 4.63. The molecular weight excluding hydrogens is 440 g/mol. The van der Waals surface area contributed by atoms with Gasteiger partial charge in [0.05, 0.1) is 5.56 Å². The van der Waals surface area contributed by atoms with Crippen LogP contribution in [0.25, 0.3) is 0 Å². The van der Waals surface area contributed by atoms with Crippen molar-refractivity contribution >= 4 is 21.9 Å². The van der Waals surface area contributed by atoms with Crippen molar-refractivity contribution in [1.82, 2.24) is 0 Å². The smallest absolute Gasteiger partial charge is 0.338 e. The molecule has 0 N–H and O–H groups in total. The number of esters is 1. The van der Waals surface area contributed by atoms with Crippen LogP contribution in [0.1, 0.15) is 34.0 Å². The summed E-state index contributed by atoms with van der Waals surface area (Å²) in [6.45, 7) is 2.80. The van der Waals surface area contributed by atoms with Crippen LogP contribution >= 0.6 is 15.9 Å². The molecule has 154 valence electrons. The molecule has 0 aliphatic carbocycles. The summed E-state index contributed by atoms with van der Waals surface area (Å²) in [5.41, 5.74) is 4.77. The van der Waals surface area contributed by atoms with Gasteiger partial charge < -0.3 is 9.47 Å². The normalized spacial score (nSPS) is 11.2. The van der Waals surface area contributed by atoms with Crippen molar-refractivity contribution in [1.29, 1.82) is 0 Å². The summed E-state index contributed by atoms with van der Waals surface area (Å²) in [7, 11) is 0. The van der Waals surface area contributed by atoms with Crippen LogP contribution in [-0.2, 0) is 24.4 Å². The summed E-state index contributed by atoms with van der Waals surface area (Å²) >= 11 is 3.47. The summed E-state index contributed by atoms with van der Waals surface area (Å²) in [4.78, 5) is 12.6. The largest absolute Gasteiger partial charge is 0.489 e. The van der Waals surface area contributed by atoms with Crippen molar-refractivity contribution in [3.8, 4) is 5.75 Å². The minimum atomic E-state index is -0.337. The van der Waals surface area contributed by atoms with Crippen LogP contribution in [0.3, 0.4) is 0 Å². The van der Waals surface area contributed by atoms with E-state index in [9.17, 15) is 4.79 Å². The molecule has 3 aromatic carbocycles. The highest BCUT2D eigenvalue weighted by Gasteiger charge is 2.12. The molecule has 4 heteroatoms. The van der Waals surface area contributed by atoms with E-state index in [1.165, 1.54) is 5.57 Å². The Kier molecular flexibility index (Phi) is 8.28. The molecule has 0 aromatic heterocycles. The molecule has 0 atom stereocenters. The average molecular weight is 465 g/mol. The molecule has 0 aliphatic rings. The lowest BCUT2D eigenvalue weighted by atomic mass is 10.1. The maximum absolute atomic E-state index is 12.6. The Morgan fingerprint density at radius 1 is 0.900 bits per heavy atom. The molecule has 0 radical (unpaired) electrons. The van der Waals surface area contributed by atoms with Crippen LogP contribution in [0, 0.1) is 0 Å². The number of alkyl halides is 1. The zero-order chi connectivity index (χ0) is 21.2. The molecule has 3 aromatic rings. The maximum Gasteiger partial charge on any atom is 0.338 e. The Morgan fingerprint density at radius 2 is 1.53 bits per heavy atom. The number of carbonyl (C=O) groups is 1. The topological polar surface area (TPSA) is 35.5 Å². The van der Waals surface area contributed by atoms with Gasteiger partial charge in [0.15, 0.2) is 0 Å². The van der Waals surface area contributed by atoms with Gasteiger partial charge in [-0.1, -0.05) is 88.2 Å². The van der Waals surface area contributed by atoms with Crippen molar-refractivity contribution in [3.05, 3.63) is 113 Å². The lowest BCUT2D eigenvalue weighted by Crippen LogP contribution is -2.07. The van der Waals surface area contributed by atoms with Gasteiger partial charge in [-0.2, -0.15) is 0 Å². The molecule has 0 heterocycles. The monoisotopic (exact) mass is 464 g/mol. The Balaban J connectivity index is 1.74. The van der Waals surface area contributed by atoms with E-state index >= 15 is 0 Å². The SMILES string of the molecule is C/C(=C\Cc1cc(C(=O)OCc2ccccc2)ccc1OCc1ccccc1)CBr. The molecule has 0 saturated carbocycles. The van der Waals surface area contributed by atoms with Crippen LogP contribution in [0.5, 0.6) is 5.75 Å². The number of benzene rings is 3. The fourth-order valence-corrected chi connectivity index (χ4v) is 3.12. The van der Waals surface area contributed by atoms with Gasteiger partial charge in [-0.3, -0.25) is 0 Å². The zero-order valence-electron chi connectivity index (χ0n) is 17.0. The third kappa shape index (κ3) is 6.60. The predicted octanol–water partition coefficient (Wildman–Crippen LogP) is 6.51. The van der Waals surface area contributed by atoms with E-state index in [0.717, 1.165) is 27.8 Å². The summed E-state index contributed by atoms with van der Waals surface area (Å²) in [6, 6.07) is 25.2. The van der Waals surface area contributed by atoms with E-state index in [1.807, 2.05) is 72.8 Å². The lowest BCUT2D eigenvalue weighted by Gasteiger charge is -2.13. The van der Waals surface area contributed by atoms with Gasteiger partial charge in [0.25, 0.3) is 0 Å². The van der Waals surface area contributed by atoms with Gasteiger partial charge in [0.2, 0.25) is 0 Å². The average Bonchev–Trinajstić information content (AvgIpc) is 2.81. The van der Waals surface area contributed by atoms with Crippen LogP contribution in [0.15, 0.2) is 90.5 Å². The minimum absolute atomic E-state index is 0.254. The number of ether oxygens (including phenoxy) is 2. The zero-order valence-corrected chi connectivity index (χ0v) is 18.6. The molecular formula is C26H25BrO3. The molecule has 30 heavy (non-hydrogen) atoms. The van der Waals surface area contributed by atoms with E-state index in [0.29, 0.717) is 18.6 Å². The van der Waals surface area contributed by atoms with Crippen LogP contribution < -0.4 is 4.74 Å². The van der Waals surface area contributed by atoms with Gasteiger partial charge in [-0.15, -0.1) is 0 Å². The molecule has 0 bridgehead atoms. The first kappa shape index (κ1) is 21.8. The lowest BCUT2D eigenvalue weighted by molar-refractivity contribution is 0.0472. The van der Waals surface area contributed by atoms with Gasteiger partial charge in [0, 0.05) is 5.33 Å². The second-order valence-corrected chi connectivity index (χ2v) is 7.61. The van der Waals surface area contributed by atoms with E-state index in [4.69, 9.17) is 9.47 Å². The minimum Gasteiger partial charge on any atom is -0.489 e. The van der Waals surface area contributed by atoms with Crippen molar-refractivity contribution in [3.63, 3.8) is 0 Å². The third-order valence-corrected chi connectivity index (χ3v) is 5.51. The first-order valence-corrected chi connectivity index (χ1v) is 11.0. The Hall–Kier alpha value is -2.85. The molecule has 0 fully saturated rings. The van der Waals surface area contributed by atoms with Crippen LogP contribution in [0.2, 0.25) is 0 Å². The highest BCUT2D eigenvalue weighted by Crippen LogP contribution is 2.24. The quantitative estimate of drug-likeness (QED) is 0.205. The molecule has 0 unspecified atom stereocenters. The summed E-state index contributed by atoms with van der Waals surface area (Å²) < 4.78 is 11.5. The van der Waals surface area contributed by atoms with E-state index in [1.54, 1.807) is 6.07 Å². The number of rotatable bonds is 9. The second-order valence-electron chi connectivity index (χ2n) is 7.05. The fourth-order valence-electron chi connectivity index (χ4n) is 2.89. The molecule has 0 amide bonds. The molecule has 3 nitrogen and oxygen atoms in total. The number of hydrogen-bond acceptors (Lipinski definition) is 3. The molecule has 0 aliphatic heterocycles. The van der Waals surface area contributed by atoms with E-state index in [2.05, 4.69) is 28.9 Å². The van der Waals surface area contributed by atoms with Gasteiger partial charge >= 0.3 is 5.97 Å². The maximum atomic E-state index is 12.6. The Morgan fingerprint density at radius 3 is 2.17 bits per heavy atom. The van der Waals surface area contributed by atoms with Gasteiger partial charge in [-0.25, -0.2) is 4.79 Å². The van der Waals surface area contributed by atoms with E-state index < -0.39 is 0 Å². The first-order valence-electron chi connectivity index (χ1n) is 9.88. The molecule has 0 saturated heterocycles. The standard InChI is InChI=1S/C26H25BrO3/c1-20(17-27)12-13-23-16-24(26(28)30-19-22-10-6-3-7-11-22)14-15-25(23)29-18-21-8-4-2-5-9-21/h2-12,14-16H,13,17-19H2,1H3/b20-12+. The van der Waals surface area contributed by atoms with Gasteiger partial charge in [-0.05, 0) is 48.2 Å². The predicted molar refractivity (Wildman–Crippen MR) is 124 cm³/mol.